The zero-order valence-corrected chi connectivity index (χ0v) is 15.6. The number of carbonyl (C=O) groups excluding carboxylic acids is 1. The van der Waals surface area contributed by atoms with Gasteiger partial charge in [0.1, 0.15) is 18.0 Å². The standard InChI is InChI=1S/C15H19FN6O8/c1-29-13(27)7(2-3-9(24)25)18-8-4-5-22(14(28)19-8)12-10(16)11(26)15(6-23,30-12)20-21-17/h4-5,7,10-12,23,26H,2-3,6H2,1H3,(H,24,25)(H,18,19,28)/t7-,10-,11-,12+,15+/m0/s1. The van der Waals surface area contributed by atoms with Gasteiger partial charge >= 0.3 is 17.6 Å². The van der Waals surface area contributed by atoms with Gasteiger partial charge in [-0.05, 0) is 18.0 Å². The van der Waals surface area contributed by atoms with Gasteiger partial charge in [-0.2, -0.15) is 4.98 Å². The van der Waals surface area contributed by atoms with Crippen LogP contribution >= 0.6 is 0 Å². The van der Waals surface area contributed by atoms with Crippen LogP contribution in [0.15, 0.2) is 22.2 Å². The summed E-state index contributed by atoms with van der Waals surface area (Å²) in [5.74, 6) is -2.06. The lowest BCUT2D eigenvalue weighted by Gasteiger charge is -2.23. The predicted molar refractivity (Wildman–Crippen MR) is 94.8 cm³/mol. The maximum Gasteiger partial charge on any atom is 0.351 e. The van der Waals surface area contributed by atoms with Crippen molar-refractivity contribution >= 4 is 17.8 Å². The van der Waals surface area contributed by atoms with Crippen LogP contribution in [0.25, 0.3) is 10.4 Å². The Morgan fingerprint density at radius 3 is 2.83 bits per heavy atom. The van der Waals surface area contributed by atoms with Crippen LogP contribution in [0.4, 0.5) is 10.2 Å². The summed E-state index contributed by atoms with van der Waals surface area (Å²) in [6.07, 6.45) is -5.51. The third-order valence-electron chi connectivity index (χ3n) is 4.36. The average molecular weight is 430 g/mol. The van der Waals surface area contributed by atoms with Crippen LogP contribution in [0.3, 0.4) is 0 Å². The minimum atomic E-state index is -2.32. The molecule has 4 N–H and O–H groups in total. The quantitative estimate of drug-likeness (QED) is 0.167. The Kier molecular flexibility index (Phi) is 7.28. The third kappa shape index (κ3) is 4.65. The number of methoxy groups -OCH3 is 1. The number of esters is 1. The molecule has 1 aromatic rings. The van der Waals surface area contributed by atoms with Crippen molar-refractivity contribution in [2.24, 2.45) is 5.11 Å². The number of halogens is 1. The second-order valence-electron chi connectivity index (χ2n) is 6.25. The van der Waals surface area contributed by atoms with E-state index in [9.17, 15) is 29.0 Å². The topological polar surface area (TPSA) is 209 Å². The molecule has 1 saturated heterocycles. The molecular formula is C15H19FN6O8. The van der Waals surface area contributed by atoms with E-state index in [-0.39, 0.29) is 18.7 Å². The monoisotopic (exact) mass is 430 g/mol. The molecule has 0 aromatic carbocycles. The molecule has 1 aromatic heterocycles. The number of nitrogens with zero attached hydrogens (tertiary/aromatic N) is 5. The summed E-state index contributed by atoms with van der Waals surface area (Å²) in [4.78, 5) is 40.9. The van der Waals surface area contributed by atoms with E-state index in [0.717, 1.165) is 13.3 Å². The minimum absolute atomic E-state index is 0.130. The van der Waals surface area contributed by atoms with E-state index < -0.39 is 54.5 Å². The number of azide groups is 1. The Bertz CT molecular complexity index is 905. The Morgan fingerprint density at radius 2 is 2.30 bits per heavy atom. The highest BCUT2D eigenvalue weighted by Crippen LogP contribution is 2.39. The first-order chi connectivity index (χ1) is 14.2. The highest BCUT2D eigenvalue weighted by Gasteiger charge is 2.56. The van der Waals surface area contributed by atoms with E-state index in [0.29, 0.717) is 4.57 Å². The van der Waals surface area contributed by atoms with Gasteiger partial charge in [0.25, 0.3) is 0 Å². The fourth-order valence-corrected chi connectivity index (χ4v) is 2.80. The number of carboxylic acids is 1. The number of aliphatic hydroxyl groups excluding tert-OH is 2. The van der Waals surface area contributed by atoms with E-state index in [1.165, 1.54) is 6.07 Å². The number of hydrogen-bond acceptors (Lipinski definition) is 10. The Labute approximate surface area is 167 Å². The number of ether oxygens (including phenoxy) is 2. The molecule has 2 rings (SSSR count). The lowest BCUT2D eigenvalue weighted by Crippen LogP contribution is -2.43. The Hall–Kier alpha value is -3.26. The van der Waals surface area contributed by atoms with Crippen LogP contribution in [0.2, 0.25) is 0 Å². The van der Waals surface area contributed by atoms with Gasteiger partial charge < -0.3 is 30.1 Å². The van der Waals surface area contributed by atoms with Gasteiger partial charge in [-0.15, -0.1) is 0 Å². The number of carbonyl (C=O) groups is 2. The number of rotatable bonds is 9. The lowest BCUT2D eigenvalue weighted by molar-refractivity contribution is -0.142. The maximum absolute atomic E-state index is 14.5. The molecule has 164 valence electrons. The van der Waals surface area contributed by atoms with E-state index in [1.807, 2.05) is 0 Å². The van der Waals surface area contributed by atoms with Gasteiger partial charge in [0.2, 0.25) is 5.72 Å². The summed E-state index contributed by atoms with van der Waals surface area (Å²) in [5.41, 5.74) is 5.20. The van der Waals surface area contributed by atoms with E-state index >= 15 is 0 Å². The molecule has 0 saturated carbocycles. The number of alkyl halides is 1. The molecular weight excluding hydrogens is 411 g/mol. The predicted octanol–water partition coefficient (Wildman–Crippen LogP) is -0.712. The van der Waals surface area contributed by atoms with Gasteiger partial charge in [-0.3, -0.25) is 9.36 Å². The second kappa shape index (κ2) is 9.49. The van der Waals surface area contributed by atoms with Crippen molar-refractivity contribution in [3.63, 3.8) is 0 Å². The molecule has 1 fully saturated rings. The van der Waals surface area contributed by atoms with Crippen LogP contribution in [0.5, 0.6) is 0 Å². The van der Waals surface area contributed by atoms with E-state index in [4.69, 9.17) is 15.4 Å². The summed E-state index contributed by atoms with van der Waals surface area (Å²) < 4.78 is 24.9. The SMILES string of the molecule is COC(=O)[C@H](CCC(=O)O)Nc1ccn([C@@H]2O[C@@](CO)(N=[N+]=[N-])[C@@H](O)[C@@H]2F)c(=O)n1. The highest BCUT2D eigenvalue weighted by molar-refractivity contribution is 5.79. The Morgan fingerprint density at radius 1 is 1.60 bits per heavy atom. The van der Waals surface area contributed by atoms with Gasteiger partial charge in [0, 0.05) is 17.5 Å². The molecule has 14 nitrogen and oxygen atoms in total. The van der Waals surface area contributed by atoms with Crippen molar-refractivity contribution < 1.29 is 38.8 Å². The first kappa shape index (κ1) is 23.0. The fourth-order valence-electron chi connectivity index (χ4n) is 2.80. The molecule has 5 atom stereocenters. The van der Waals surface area contributed by atoms with Crippen LogP contribution in [0, 0.1) is 0 Å². The third-order valence-corrected chi connectivity index (χ3v) is 4.36. The number of aliphatic carboxylic acids is 1. The van der Waals surface area contributed by atoms with Gasteiger partial charge in [-0.25, -0.2) is 14.0 Å². The second-order valence-corrected chi connectivity index (χ2v) is 6.25. The minimum Gasteiger partial charge on any atom is -0.481 e. The van der Waals surface area contributed by atoms with Gasteiger partial charge in [0.05, 0.1) is 13.7 Å². The van der Waals surface area contributed by atoms with Crippen molar-refractivity contribution in [2.45, 2.75) is 43.1 Å². The molecule has 0 radical (unpaired) electrons. The first-order valence-corrected chi connectivity index (χ1v) is 8.51. The first-order valence-electron chi connectivity index (χ1n) is 8.51. The van der Waals surface area contributed by atoms with Crippen molar-refractivity contribution in [1.82, 2.24) is 9.55 Å². The molecule has 1 aliphatic heterocycles. The average Bonchev–Trinajstić information content (AvgIpc) is 2.96. The molecule has 0 spiro atoms. The largest absolute Gasteiger partial charge is 0.481 e. The molecule has 0 unspecified atom stereocenters. The molecule has 30 heavy (non-hydrogen) atoms. The molecule has 0 aliphatic carbocycles. The van der Waals surface area contributed by atoms with Gasteiger partial charge in [0.15, 0.2) is 12.4 Å². The van der Waals surface area contributed by atoms with Crippen molar-refractivity contribution in [2.75, 3.05) is 19.0 Å². The Balaban J connectivity index is 2.26. The fraction of sp³-hybridized carbons (Fsp3) is 0.600. The van der Waals surface area contributed by atoms with Crippen LogP contribution in [-0.2, 0) is 19.1 Å². The van der Waals surface area contributed by atoms with Crippen molar-refractivity contribution in [1.29, 1.82) is 0 Å². The number of carboxylic acid groups (broad SMARTS) is 1. The number of anilines is 1. The highest BCUT2D eigenvalue weighted by atomic mass is 19.1. The molecule has 0 bridgehead atoms. The molecule has 15 heteroatoms. The summed E-state index contributed by atoms with van der Waals surface area (Å²) in [7, 11) is 1.10. The van der Waals surface area contributed by atoms with E-state index in [1.54, 1.807) is 0 Å². The zero-order valence-electron chi connectivity index (χ0n) is 15.6. The summed E-state index contributed by atoms with van der Waals surface area (Å²) >= 11 is 0. The number of hydrogen-bond donors (Lipinski definition) is 4. The van der Waals surface area contributed by atoms with Crippen LogP contribution in [-0.4, -0.2) is 74.6 Å². The van der Waals surface area contributed by atoms with Crippen molar-refractivity contribution in [3.05, 3.63) is 33.2 Å². The molecule has 2 heterocycles. The lowest BCUT2D eigenvalue weighted by atomic mass is 10.1. The van der Waals surface area contributed by atoms with Gasteiger partial charge in [-0.1, -0.05) is 5.11 Å². The van der Waals surface area contributed by atoms with Crippen molar-refractivity contribution in [3.8, 4) is 0 Å². The summed E-state index contributed by atoms with van der Waals surface area (Å²) in [5, 5.41) is 33.7. The molecule has 0 amide bonds. The van der Waals surface area contributed by atoms with Crippen LogP contribution in [0.1, 0.15) is 19.1 Å². The number of nitrogens with one attached hydrogen (secondary N) is 1. The number of aromatic nitrogens is 2. The summed E-state index contributed by atoms with van der Waals surface area (Å²) in [6, 6.07) is 0.0620. The van der Waals surface area contributed by atoms with E-state index in [2.05, 4.69) is 25.1 Å². The smallest absolute Gasteiger partial charge is 0.351 e. The summed E-state index contributed by atoms with van der Waals surface area (Å²) in [6.45, 7) is -1.04. The zero-order chi connectivity index (χ0) is 22.5. The van der Waals surface area contributed by atoms with Crippen LogP contribution < -0.4 is 11.0 Å². The number of aliphatic hydroxyl groups is 2. The normalized spacial score (nSPS) is 26.5. The maximum atomic E-state index is 14.5. The molecule has 1 aliphatic rings.